The number of hydrogen-bond donors (Lipinski definition) is 0. The smallest absolute Gasteiger partial charge is 0.198 e. The average molecular weight is 249 g/mol. The average Bonchev–Trinajstić information content (AvgIpc) is 2.88. The van der Waals surface area contributed by atoms with Gasteiger partial charge in [-0.2, -0.15) is 0 Å². The van der Waals surface area contributed by atoms with E-state index < -0.39 is 0 Å². The Hall–Kier alpha value is -2.35. The number of nitrogens with zero attached hydrogens (tertiary/aromatic N) is 1. The molecule has 2 nitrogen and oxygen atoms in total. The third kappa shape index (κ3) is 3.10. The lowest BCUT2D eigenvalue weighted by Crippen LogP contribution is -1.91. The van der Waals surface area contributed by atoms with E-state index in [2.05, 4.69) is 29.2 Å². The quantitative estimate of drug-likeness (QED) is 0.701. The first-order valence-corrected chi connectivity index (χ1v) is 6.41. The fourth-order valence-electron chi connectivity index (χ4n) is 2.09. The molecular weight excluding hydrogens is 234 g/mol. The van der Waals surface area contributed by atoms with Gasteiger partial charge in [0.1, 0.15) is 6.26 Å². The summed E-state index contributed by atoms with van der Waals surface area (Å²) in [6.45, 7) is 0. The Morgan fingerprint density at radius 3 is 1.95 bits per heavy atom. The van der Waals surface area contributed by atoms with Gasteiger partial charge in [0.2, 0.25) is 0 Å². The molecule has 0 N–H and O–H groups in total. The van der Waals surface area contributed by atoms with Gasteiger partial charge in [0.05, 0.1) is 5.69 Å². The van der Waals surface area contributed by atoms with Crippen molar-refractivity contribution < 1.29 is 4.42 Å². The van der Waals surface area contributed by atoms with Crippen molar-refractivity contribution in [3.8, 4) is 0 Å². The zero-order valence-electron chi connectivity index (χ0n) is 10.6. The summed E-state index contributed by atoms with van der Waals surface area (Å²) in [7, 11) is 0. The van der Waals surface area contributed by atoms with Crippen LogP contribution in [0.4, 0.5) is 0 Å². The topological polar surface area (TPSA) is 26.0 Å². The van der Waals surface area contributed by atoms with Crippen LogP contribution in [0, 0.1) is 0 Å². The zero-order valence-corrected chi connectivity index (χ0v) is 10.6. The second kappa shape index (κ2) is 5.53. The summed E-state index contributed by atoms with van der Waals surface area (Å²) in [6.07, 6.45) is 3.32. The van der Waals surface area contributed by atoms with E-state index in [1.807, 2.05) is 36.4 Å². The van der Waals surface area contributed by atoms with Crippen molar-refractivity contribution in [2.24, 2.45) is 0 Å². The Bertz CT molecular complexity index is 573. The summed E-state index contributed by atoms with van der Waals surface area (Å²) < 4.78 is 5.53. The molecule has 2 aromatic carbocycles. The van der Waals surface area contributed by atoms with E-state index in [0.717, 1.165) is 24.4 Å². The molecule has 2 heteroatoms. The van der Waals surface area contributed by atoms with Crippen molar-refractivity contribution in [1.82, 2.24) is 4.98 Å². The second-order valence-electron chi connectivity index (χ2n) is 4.56. The molecule has 0 spiro atoms. The Kier molecular flexibility index (Phi) is 3.41. The maximum atomic E-state index is 5.53. The van der Waals surface area contributed by atoms with Crippen molar-refractivity contribution in [2.45, 2.75) is 12.8 Å². The van der Waals surface area contributed by atoms with Crippen LogP contribution in [0.5, 0.6) is 0 Å². The van der Waals surface area contributed by atoms with Gasteiger partial charge < -0.3 is 4.42 Å². The largest absolute Gasteiger partial charge is 0.448 e. The van der Waals surface area contributed by atoms with Gasteiger partial charge >= 0.3 is 0 Å². The first-order chi connectivity index (χ1) is 9.40. The third-order valence-electron chi connectivity index (χ3n) is 3.03. The summed E-state index contributed by atoms with van der Waals surface area (Å²) in [5, 5.41) is 0. The first-order valence-electron chi connectivity index (χ1n) is 6.41. The standard InChI is InChI=1S/C17H15NO/c1-3-7-14(8-4-1)11-16-13-19-17(18-16)12-15-9-5-2-6-10-15/h1-10,13H,11-12H2. The molecule has 1 heterocycles. The number of hydrogen-bond acceptors (Lipinski definition) is 2. The molecule has 0 atom stereocenters. The summed E-state index contributed by atoms with van der Waals surface area (Å²) in [6, 6.07) is 20.6. The third-order valence-corrected chi connectivity index (χ3v) is 3.03. The Balaban J connectivity index is 1.70. The molecule has 94 valence electrons. The van der Waals surface area contributed by atoms with E-state index in [9.17, 15) is 0 Å². The van der Waals surface area contributed by atoms with Gasteiger partial charge in [0, 0.05) is 12.8 Å². The maximum Gasteiger partial charge on any atom is 0.198 e. The van der Waals surface area contributed by atoms with Gasteiger partial charge in [-0.05, 0) is 11.1 Å². The highest BCUT2D eigenvalue weighted by Crippen LogP contribution is 2.12. The van der Waals surface area contributed by atoms with Gasteiger partial charge in [0.15, 0.2) is 5.89 Å². The van der Waals surface area contributed by atoms with Gasteiger partial charge in [-0.25, -0.2) is 4.98 Å². The molecular formula is C17H15NO. The van der Waals surface area contributed by atoms with Crippen LogP contribution >= 0.6 is 0 Å². The number of oxazole rings is 1. The zero-order chi connectivity index (χ0) is 12.9. The molecule has 0 amide bonds. The highest BCUT2D eigenvalue weighted by atomic mass is 16.3. The van der Waals surface area contributed by atoms with Crippen LogP contribution in [-0.4, -0.2) is 4.98 Å². The number of rotatable bonds is 4. The van der Waals surface area contributed by atoms with Crippen LogP contribution in [0.15, 0.2) is 71.3 Å². The van der Waals surface area contributed by atoms with Gasteiger partial charge in [-0.15, -0.1) is 0 Å². The van der Waals surface area contributed by atoms with E-state index in [4.69, 9.17) is 4.42 Å². The Morgan fingerprint density at radius 2 is 1.32 bits per heavy atom. The molecule has 3 aromatic rings. The molecule has 0 unspecified atom stereocenters. The van der Waals surface area contributed by atoms with E-state index >= 15 is 0 Å². The summed E-state index contributed by atoms with van der Waals surface area (Å²) >= 11 is 0. The highest BCUT2D eigenvalue weighted by Gasteiger charge is 2.05. The minimum atomic E-state index is 0.746. The molecule has 0 saturated heterocycles. The minimum Gasteiger partial charge on any atom is -0.448 e. The Morgan fingerprint density at radius 1 is 0.737 bits per heavy atom. The molecule has 1 aromatic heterocycles. The fourth-order valence-corrected chi connectivity index (χ4v) is 2.09. The summed E-state index contributed by atoms with van der Waals surface area (Å²) in [5.74, 6) is 0.775. The van der Waals surface area contributed by atoms with Crippen LogP contribution in [0.3, 0.4) is 0 Å². The van der Waals surface area contributed by atoms with Crippen molar-refractivity contribution in [3.05, 3.63) is 89.6 Å². The van der Waals surface area contributed by atoms with E-state index in [-0.39, 0.29) is 0 Å². The molecule has 0 fully saturated rings. The molecule has 0 bridgehead atoms. The molecule has 0 saturated carbocycles. The number of aromatic nitrogens is 1. The second-order valence-corrected chi connectivity index (χ2v) is 4.56. The van der Waals surface area contributed by atoms with Crippen molar-refractivity contribution >= 4 is 0 Å². The van der Waals surface area contributed by atoms with Crippen molar-refractivity contribution in [2.75, 3.05) is 0 Å². The molecule has 3 rings (SSSR count). The SMILES string of the molecule is c1ccc(Cc2coc(Cc3ccccc3)n2)cc1. The predicted octanol–water partition coefficient (Wildman–Crippen LogP) is 3.86. The van der Waals surface area contributed by atoms with Crippen molar-refractivity contribution in [3.63, 3.8) is 0 Å². The van der Waals surface area contributed by atoms with Gasteiger partial charge in [-0.3, -0.25) is 0 Å². The summed E-state index contributed by atoms with van der Waals surface area (Å²) in [4.78, 5) is 4.53. The molecule has 0 radical (unpaired) electrons. The van der Waals surface area contributed by atoms with Crippen LogP contribution < -0.4 is 0 Å². The fraction of sp³-hybridized carbons (Fsp3) is 0.118. The lowest BCUT2D eigenvalue weighted by Gasteiger charge is -1.96. The van der Waals surface area contributed by atoms with Gasteiger partial charge in [-0.1, -0.05) is 60.7 Å². The van der Waals surface area contributed by atoms with E-state index in [0.29, 0.717) is 0 Å². The Labute approximate surface area is 112 Å². The van der Waals surface area contributed by atoms with Crippen LogP contribution in [-0.2, 0) is 12.8 Å². The van der Waals surface area contributed by atoms with Crippen molar-refractivity contribution in [1.29, 1.82) is 0 Å². The minimum absolute atomic E-state index is 0.746. The molecule has 0 aliphatic carbocycles. The first kappa shape index (κ1) is 11.7. The predicted molar refractivity (Wildman–Crippen MR) is 75.0 cm³/mol. The normalized spacial score (nSPS) is 10.5. The molecule has 19 heavy (non-hydrogen) atoms. The lowest BCUT2D eigenvalue weighted by molar-refractivity contribution is 0.506. The molecule has 0 aliphatic heterocycles. The highest BCUT2D eigenvalue weighted by molar-refractivity contribution is 5.22. The molecule has 0 aliphatic rings. The maximum absolute atomic E-state index is 5.53. The van der Waals surface area contributed by atoms with E-state index in [1.165, 1.54) is 11.1 Å². The van der Waals surface area contributed by atoms with Crippen LogP contribution in [0.25, 0.3) is 0 Å². The number of benzene rings is 2. The monoisotopic (exact) mass is 249 g/mol. The van der Waals surface area contributed by atoms with E-state index in [1.54, 1.807) is 6.26 Å². The van der Waals surface area contributed by atoms with Crippen LogP contribution in [0.1, 0.15) is 22.7 Å². The van der Waals surface area contributed by atoms with Gasteiger partial charge in [0.25, 0.3) is 0 Å². The summed E-state index contributed by atoms with van der Waals surface area (Å²) in [5.41, 5.74) is 3.45. The lowest BCUT2D eigenvalue weighted by atomic mass is 10.1. The van der Waals surface area contributed by atoms with Crippen LogP contribution in [0.2, 0.25) is 0 Å².